The maximum atomic E-state index is 13.2. The normalized spacial score (nSPS) is 20.0. The molecule has 0 saturated carbocycles. The number of nitrogens with zero attached hydrogens (tertiary/aromatic N) is 6. The predicted octanol–water partition coefficient (Wildman–Crippen LogP) is 1.67. The first-order chi connectivity index (χ1) is 16.4. The molecule has 0 bridgehead atoms. The van der Waals surface area contributed by atoms with Crippen LogP contribution in [0, 0.1) is 0 Å². The summed E-state index contributed by atoms with van der Waals surface area (Å²) in [5.74, 6) is -0.963. The van der Waals surface area contributed by atoms with Crippen molar-refractivity contribution in [3.05, 3.63) is 60.4 Å². The summed E-state index contributed by atoms with van der Waals surface area (Å²) in [6.45, 7) is 3.30. The third kappa shape index (κ3) is 3.96. The van der Waals surface area contributed by atoms with Crippen LogP contribution in [0.5, 0.6) is 0 Å². The number of benzene rings is 2. The maximum absolute atomic E-state index is 13.2. The number of anilines is 2. The molecule has 2 aromatic carbocycles. The van der Waals surface area contributed by atoms with Crippen LogP contribution in [0.2, 0.25) is 0 Å². The van der Waals surface area contributed by atoms with Gasteiger partial charge in [0.1, 0.15) is 18.4 Å². The molecule has 11 nitrogen and oxygen atoms in total. The Labute approximate surface area is 195 Å². The highest BCUT2D eigenvalue weighted by Crippen LogP contribution is 2.30. The van der Waals surface area contributed by atoms with E-state index in [1.54, 1.807) is 31.2 Å². The second-order valence-electron chi connectivity index (χ2n) is 8.54. The van der Waals surface area contributed by atoms with Crippen LogP contribution in [0.25, 0.3) is 5.69 Å². The van der Waals surface area contributed by atoms with E-state index >= 15 is 0 Å². The smallest absolute Gasteiger partial charge is 0.325 e. The zero-order valence-corrected chi connectivity index (χ0v) is 18.6. The van der Waals surface area contributed by atoms with Gasteiger partial charge in [-0.25, -0.2) is 9.48 Å². The quantitative estimate of drug-likeness (QED) is 0.536. The van der Waals surface area contributed by atoms with Gasteiger partial charge in [0.15, 0.2) is 0 Å². The molecule has 1 atom stereocenters. The van der Waals surface area contributed by atoms with E-state index < -0.39 is 23.4 Å². The molecular weight excluding hydrogens is 436 g/mol. The Hall–Kier alpha value is -4.28. The summed E-state index contributed by atoms with van der Waals surface area (Å²) in [5.41, 5.74) is 1.60. The minimum Gasteiger partial charge on any atom is -0.372 e. The summed E-state index contributed by atoms with van der Waals surface area (Å²) in [5, 5.41) is 16.6. The standard InChI is InChI=1S/C23H24N8O3/c1-23(16-5-4-6-19(13-16)31-15-24-27-28-31)21(33)30(22(34)26-23)14-20(32)25-17-7-9-18(10-8-17)29-11-2-3-12-29/h4-10,13,15H,2-3,11-12,14H2,1H3,(H,25,32)(H,26,34). The zero-order valence-electron chi connectivity index (χ0n) is 18.6. The predicted molar refractivity (Wildman–Crippen MR) is 123 cm³/mol. The number of imide groups is 1. The van der Waals surface area contributed by atoms with E-state index in [1.165, 1.54) is 23.9 Å². The molecule has 34 heavy (non-hydrogen) atoms. The summed E-state index contributed by atoms with van der Waals surface area (Å²) >= 11 is 0. The number of hydrogen-bond donors (Lipinski definition) is 2. The van der Waals surface area contributed by atoms with Crippen molar-refractivity contribution < 1.29 is 14.4 Å². The van der Waals surface area contributed by atoms with Crippen LogP contribution in [0.15, 0.2) is 54.9 Å². The molecule has 2 aliphatic heterocycles. The van der Waals surface area contributed by atoms with Gasteiger partial charge >= 0.3 is 6.03 Å². The monoisotopic (exact) mass is 460 g/mol. The van der Waals surface area contributed by atoms with Gasteiger partial charge in [-0.3, -0.25) is 14.5 Å². The Morgan fingerprint density at radius 1 is 1.09 bits per heavy atom. The molecule has 0 aliphatic carbocycles. The van der Waals surface area contributed by atoms with Crippen molar-refractivity contribution in [3.63, 3.8) is 0 Å². The summed E-state index contributed by atoms with van der Waals surface area (Å²) in [7, 11) is 0. The summed E-state index contributed by atoms with van der Waals surface area (Å²) in [6, 6.07) is 13.9. The Bertz CT molecular complexity index is 1220. The Balaban J connectivity index is 1.27. The van der Waals surface area contributed by atoms with Crippen LogP contribution in [-0.4, -0.2) is 62.6 Å². The van der Waals surface area contributed by atoms with Gasteiger partial charge in [-0.2, -0.15) is 0 Å². The van der Waals surface area contributed by atoms with E-state index in [0.29, 0.717) is 16.9 Å². The van der Waals surface area contributed by atoms with Crippen LogP contribution < -0.4 is 15.5 Å². The summed E-state index contributed by atoms with van der Waals surface area (Å²) < 4.78 is 1.45. The van der Waals surface area contributed by atoms with Crippen molar-refractivity contribution in [2.45, 2.75) is 25.3 Å². The van der Waals surface area contributed by atoms with Crippen LogP contribution in [-0.2, 0) is 15.1 Å². The van der Waals surface area contributed by atoms with Gasteiger partial charge in [0, 0.05) is 24.5 Å². The lowest BCUT2D eigenvalue weighted by molar-refractivity contribution is -0.133. The Kier molecular flexibility index (Phi) is 5.44. The highest BCUT2D eigenvalue weighted by atomic mass is 16.2. The third-order valence-electron chi connectivity index (χ3n) is 6.24. The van der Waals surface area contributed by atoms with Gasteiger partial charge in [-0.15, -0.1) is 5.10 Å². The third-order valence-corrected chi connectivity index (χ3v) is 6.24. The molecule has 2 fully saturated rings. The molecule has 174 valence electrons. The van der Waals surface area contributed by atoms with E-state index in [1.807, 2.05) is 24.3 Å². The molecule has 1 aromatic heterocycles. The fourth-order valence-corrected chi connectivity index (χ4v) is 4.35. The van der Waals surface area contributed by atoms with Crippen molar-refractivity contribution in [1.82, 2.24) is 30.4 Å². The number of nitrogens with one attached hydrogen (secondary N) is 2. The highest BCUT2D eigenvalue weighted by molar-refractivity contribution is 6.10. The van der Waals surface area contributed by atoms with Crippen molar-refractivity contribution in [2.24, 2.45) is 0 Å². The number of urea groups is 1. The van der Waals surface area contributed by atoms with Gasteiger partial charge in [-0.05, 0) is 72.2 Å². The summed E-state index contributed by atoms with van der Waals surface area (Å²) in [6.07, 6.45) is 3.81. The highest BCUT2D eigenvalue weighted by Gasteiger charge is 2.49. The fourth-order valence-electron chi connectivity index (χ4n) is 4.35. The van der Waals surface area contributed by atoms with Crippen molar-refractivity contribution in [1.29, 1.82) is 0 Å². The second kappa shape index (κ2) is 8.58. The molecular formula is C23H24N8O3. The SMILES string of the molecule is CC1(c2cccc(-n3cnnn3)c2)NC(=O)N(CC(=O)Nc2ccc(N3CCCC3)cc2)C1=O. The lowest BCUT2D eigenvalue weighted by atomic mass is 9.91. The average Bonchev–Trinajstić information content (AvgIpc) is 3.60. The molecule has 1 unspecified atom stereocenters. The number of tetrazole rings is 1. The lowest BCUT2D eigenvalue weighted by Crippen LogP contribution is -2.42. The zero-order chi connectivity index (χ0) is 23.7. The van der Waals surface area contributed by atoms with Crippen LogP contribution in [0.4, 0.5) is 16.2 Å². The molecule has 2 N–H and O–H groups in total. The maximum Gasteiger partial charge on any atom is 0.325 e. The first kappa shape index (κ1) is 21.6. The minimum atomic E-state index is -1.32. The van der Waals surface area contributed by atoms with Gasteiger partial charge in [0.2, 0.25) is 5.91 Å². The van der Waals surface area contributed by atoms with Crippen LogP contribution in [0.3, 0.4) is 0 Å². The minimum absolute atomic E-state index is 0.388. The summed E-state index contributed by atoms with van der Waals surface area (Å²) in [4.78, 5) is 41.7. The number of carbonyl (C=O) groups excluding carboxylic acids is 3. The van der Waals surface area contributed by atoms with E-state index in [9.17, 15) is 14.4 Å². The first-order valence-corrected chi connectivity index (χ1v) is 11.1. The molecule has 0 spiro atoms. The molecule has 2 saturated heterocycles. The molecule has 3 aromatic rings. The van der Waals surface area contributed by atoms with E-state index in [-0.39, 0.29) is 6.54 Å². The topological polar surface area (TPSA) is 125 Å². The van der Waals surface area contributed by atoms with E-state index in [2.05, 4.69) is 31.1 Å². The molecule has 2 aliphatic rings. The van der Waals surface area contributed by atoms with Gasteiger partial charge in [0.25, 0.3) is 5.91 Å². The molecule has 5 rings (SSSR count). The Morgan fingerprint density at radius 3 is 2.56 bits per heavy atom. The fraction of sp³-hybridized carbons (Fsp3) is 0.304. The molecule has 11 heteroatoms. The van der Waals surface area contributed by atoms with Crippen LogP contribution >= 0.6 is 0 Å². The van der Waals surface area contributed by atoms with E-state index in [0.717, 1.165) is 23.7 Å². The average molecular weight is 460 g/mol. The largest absolute Gasteiger partial charge is 0.372 e. The van der Waals surface area contributed by atoms with E-state index in [4.69, 9.17) is 0 Å². The van der Waals surface area contributed by atoms with Gasteiger partial charge < -0.3 is 15.5 Å². The van der Waals surface area contributed by atoms with Crippen molar-refractivity contribution in [2.75, 3.05) is 29.9 Å². The second-order valence-corrected chi connectivity index (χ2v) is 8.54. The number of hydrogen-bond acceptors (Lipinski definition) is 7. The Morgan fingerprint density at radius 2 is 1.85 bits per heavy atom. The number of aromatic nitrogens is 4. The molecule has 0 radical (unpaired) electrons. The molecule has 3 heterocycles. The van der Waals surface area contributed by atoms with Gasteiger partial charge in [0.05, 0.1) is 5.69 Å². The lowest BCUT2D eigenvalue weighted by Gasteiger charge is -2.22. The van der Waals surface area contributed by atoms with Crippen LogP contribution in [0.1, 0.15) is 25.3 Å². The number of rotatable bonds is 6. The van der Waals surface area contributed by atoms with Crippen molar-refractivity contribution >= 4 is 29.2 Å². The molecule has 4 amide bonds. The van der Waals surface area contributed by atoms with Crippen molar-refractivity contribution in [3.8, 4) is 5.69 Å². The number of amides is 4. The first-order valence-electron chi connectivity index (χ1n) is 11.1. The van der Waals surface area contributed by atoms with Gasteiger partial charge in [-0.1, -0.05) is 12.1 Å². The number of carbonyl (C=O) groups is 3.